The molecule has 1 aromatic carbocycles. The maximum atomic E-state index is 6.00. The lowest BCUT2D eigenvalue weighted by Gasteiger charge is -2.35. The first-order valence-electron chi connectivity index (χ1n) is 7.94. The zero-order valence-electron chi connectivity index (χ0n) is 12.8. The molecular weight excluding hydrogens is 248 g/mol. The summed E-state index contributed by atoms with van der Waals surface area (Å²) in [6.45, 7) is 7.13. The molecule has 112 valence electrons. The van der Waals surface area contributed by atoms with Gasteiger partial charge in [0.2, 0.25) is 0 Å². The largest absolute Gasteiger partial charge is 0.494 e. The van der Waals surface area contributed by atoms with Gasteiger partial charge >= 0.3 is 0 Å². The van der Waals surface area contributed by atoms with E-state index in [-0.39, 0.29) is 0 Å². The van der Waals surface area contributed by atoms with Crippen LogP contribution < -0.4 is 10.5 Å². The molecule has 3 nitrogen and oxygen atoms in total. The predicted molar refractivity (Wildman–Crippen MR) is 83.9 cm³/mol. The monoisotopic (exact) mass is 276 g/mol. The molecule has 1 aliphatic rings. The van der Waals surface area contributed by atoms with Gasteiger partial charge in [0.15, 0.2) is 0 Å². The van der Waals surface area contributed by atoms with Crippen molar-refractivity contribution in [1.29, 1.82) is 0 Å². The van der Waals surface area contributed by atoms with Gasteiger partial charge < -0.3 is 10.5 Å². The van der Waals surface area contributed by atoms with Gasteiger partial charge in [-0.25, -0.2) is 0 Å². The Balaban J connectivity index is 1.92. The summed E-state index contributed by atoms with van der Waals surface area (Å²) in [5, 5.41) is 0. The van der Waals surface area contributed by atoms with Crippen LogP contribution in [0.3, 0.4) is 0 Å². The molecule has 0 unspecified atom stereocenters. The van der Waals surface area contributed by atoms with Crippen LogP contribution in [0.5, 0.6) is 5.75 Å². The molecule has 0 saturated heterocycles. The van der Waals surface area contributed by atoms with Gasteiger partial charge in [-0.3, -0.25) is 4.90 Å². The number of nitrogens with two attached hydrogens (primary N) is 1. The second kappa shape index (κ2) is 7.65. The van der Waals surface area contributed by atoms with Gasteiger partial charge in [0, 0.05) is 18.6 Å². The van der Waals surface area contributed by atoms with Gasteiger partial charge in [-0.2, -0.15) is 0 Å². The van der Waals surface area contributed by atoms with Crippen LogP contribution in [0.25, 0.3) is 0 Å². The van der Waals surface area contributed by atoms with E-state index < -0.39 is 0 Å². The SMILES string of the molecule is CCOc1ccc(CN(CC)C2CCC(N)CC2)cc1. The number of hydrogen-bond acceptors (Lipinski definition) is 3. The van der Waals surface area contributed by atoms with Crippen LogP contribution in [0, 0.1) is 0 Å². The van der Waals surface area contributed by atoms with Crippen molar-refractivity contribution < 1.29 is 4.74 Å². The topological polar surface area (TPSA) is 38.5 Å². The highest BCUT2D eigenvalue weighted by atomic mass is 16.5. The van der Waals surface area contributed by atoms with Gasteiger partial charge in [0.1, 0.15) is 5.75 Å². The lowest BCUT2D eigenvalue weighted by atomic mass is 9.90. The lowest BCUT2D eigenvalue weighted by Crippen LogP contribution is -2.40. The highest BCUT2D eigenvalue weighted by Gasteiger charge is 2.23. The van der Waals surface area contributed by atoms with Gasteiger partial charge in [-0.05, 0) is 56.8 Å². The summed E-state index contributed by atoms with van der Waals surface area (Å²) in [7, 11) is 0. The fourth-order valence-corrected chi connectivity index (χ4v) is 3.06. The molecule has 0 amide bonds. The molecule has 20 heavy (non-hydrogen) atoms. The Morgan fingerprint density at radius 3 is 2.30 bits per heavy atom. The molecule has 1 fully saturated rings. The van der Waals surface area contributed by atoms with Crippen molar-refractivity contribution in [3.05, 3.63) is 29.8 Å². The van der Waals surface area contributed by atoms with E-state index in [1.54, 1.807) is 0 Å². The molecule has 0 aliphatic heterocycles. The number of nitrogens with zero attached hydrogens (tertiary/aromatic N) is 1. The predicted octanol–water partition coefficient (Wildman–Crippen LogP) is 3.18. The van der Waals surface area contributed by atoms with Crippen molar-refractivity contribution >= 4 is 0 Å². The zero-order chi connectivity index (χ0) is 14.4. The van der Waals surface area contributed by atoms with Crippen molar-refractivity contribution in [1.82, 2.24) is 4.90 Å². The van der Waals surface area contributed by atoms with Crippen molar-refractivity contribution in [2.45, 2.75) is 58.2 Å². The normalized spacial score (nSPS) is 23.0. The molecule has 3 heteroatoms. The molecule has 2 rings (SSSR count). The molecule has 1 saturated carbocycles. The van der Waals surface area contributed by atoms with E-state index in [1.807, 2.05) is 6.92 Å². The summed E-state index contributed by atoms with van der Waals surface area (Å²) < 4.78 is 5.49. The summed E-state index contributed by atoms with van der Waals surface area (Å²) in [6, 6.07) is 9.64. The highest BCUT2D eigenvalue weighted by Crippen LogP contribution is 2.24. The smallest absolute Gasteiger partial charge is 0.119 e. The molecule has 0 bridgehead atoms. The molecule has 2 N–H and O–H groups in total. The van der Waals surface area contributed by atoms with Crippen LogP contribution in [-0.2, 0) is 6.54 Å². The number of rotatable bonds is 6. The molecule has 0 spiro atoms. The van der Waals surface area contributed by atoms with E-state index >= 15 is 0 Å². The first-order valence-corrected chi connectivity index (χ1v) is 7.94. The second-order valence-electron chi connectivity index (χ2n) is 5.71. The van der Waals surface area contributed by atoms with Crippen molar-refractivity contribution in [3.8, 4) is 5.75 Å². The minimum Gasteiger partial charge on any atom is -0.494 e. The zero-order valence-corrected chi connectivity index (χ0v) is 12.8. The minimum atomic E-state index is 0.426. The van der Waals surface area contributed by atoms with E-state index in [0.717, 1.165) is 25.4 Å². The molecule has 1 aromatic rings. The Morgan fingerprint density at radius 1 is 1.10 bits per heavy atom. The fourth-order valence-electron chi connectivity index (χ4n) is 3.06. The van der Waals surface area contributed by atoms with Crippen LogP contribution in [-0.4, -0.2) is 30.1 Å². The molecular formula is C17H28N2O. The molecule has 0 radical (unpaired) electrons. The summed E-state index contributed by atoms with van der Waals surface area (Å²) in [4.78, 5) is 2.58. The lowest BCUT2D eigenvalue weighted by molar-refractivity contribution is 0.149. The Labute approximate surface area is 123 Å². The minimum absolute atomic E-state index is 0.426. The fraction of sp³-hybridized carbons (Fsp3) is 0.647. The van der Waals surface area contributed by atoms with Crippen LogP contribution in [0.15, 0.2) is 24.3 Å². The van der Waals surface area contributed by atoms with Crippen LogP contribution >= 0.6 is 0 Å². The van der Waals surface area contributed by atoms with Crippen molar-refractivity contribution in [3.63, 3.8) is 0 Å². The highest BCUT2D eigenvalue weighted by molar-refractivity contribution is 5.27. The summed E-state index contributed by atoms with van der Waals surface area (Å²) in [6.07, 6.45) is 4.83. The van der Waals surface area contributed by atoms with E-state index in [9.17, 15) is 0 Å². The quantitative estimate of drug-likeness (QED) is 0.867. The average Bonchev–Trinajstić information content (AvgIpc) is 2.48. The summed E-state index contributed by atoms with van der Waals surface area (Å²) in [5.41, 5.74) is 7.37. The van der Waals surface area contributed by atoms with Gasteiger partial charge in [0.25, 0.3) is 0 Å². The maximum Gasteiger partial charge on any atom is 0.119 e. The van der Waals surface area contributed by atoms with Gasteiger partial charge in [0.05, 0.1) is 6.61 Å². The Bertz CT molecular complexity index is 382. The second-order valence-corrected chi connectivity index (χ2v) is 5.71. The first-order chi connectivity index (χ1) is 9.72. The van der Waals surface area contributed by atoms with E-state index in [0.29, 0.717) is 12.1 Å². The van der Waals surface area contributed by atoms with E-state index in [4.69, 9.17) is 10.5 Å². The number of hydrogen-bond donors (Lipinski definition) is 1. The van der Waals surface area contributed by atoms with Crippen LogP contribution in [0.2, 0.25) is 0 Å². The number of benzene rings is 1. The third kappa shape index (κ3) is 4.22. The van der Waals surface area contributed by atoms with Gasteiger partial charge in [-0.1, -0.05) is 19.1 Å². The van der Waals surface area contributed by atoms with Gasteiger partial charge in [-0.15, -0.1) is 0 Å². The first kappa shape index (κ1) is 15.3. The summed E-state index contributed by atoms with van der Waals surface area (Å²) in [5.74, 6) is 0.961. The third-order valence-corrected chi connectivity index (χ3v) is 4.28. The van der Waals surface area contributed by atoms with Crippen LogP contribution in [0.4, 0.5) is 0 Å². The molecule has 0 aromatic heterocycles. The molecule has 1 aliphatic carbocycles. The third-order valence-electron chi connectivity index (χ3n) is 4.28. The average molecular weight is 276 g/mol. The molecule has 0 heterocycles. The Hall–Kier alpha value is -1.06. The standard InChI is InChI=1S/C17H28N2O/c1-3-19(16-9-7-15(18)8-10-16)13-14-5-11-17(12-6-14)20-4-2/h5-6,11-12,15-16H,3-4,7-10,13,18H2,1-2H3. The Morgan fingerprint density at radius 2 is 1.75 bits per heavy atom. The van der Waals surface area contributed by atoms with Crippen LogP contribution in [0.1, 0.15) is 45.1 Å². The van der Waals surface area contributed by atoms with Crippen molar-refractivity contribution in [2.75, 3.05) is 13.2 Å². The maximum absolute atomic E-state index is 6.00. The molecule has 0 atom stereocenters. The van der Waals surface area contributed by atoms with E-state index in [2.05, 4.69) is 36.1 Å². The van der Waals surface area contributed by atoms with Crippen molar-refractivity contribution in [2.24, 2.45) is 5.73 Å². The van der Waals surface area contributed by atoms with E-state index in [1.165, 1.54) is 31.2 Å². The summed E-state index contributed by atoms with van der Waals surface area (Å²) >= 11 is 0. The number of ether oxygens (including phenoxy) is 1. The Kier molecular flexibility index (Phi) is 5.86.